The molecular formula is C25H30FN3O3. The van der Waals surface area contributed by atoms with Crippen LogP contribution in [-0.2, 0) is 16.1 Å². The normalized spacial score (nSPS) is 12.8. The van der Waals surface area contributed by atoms with Crippen LogP contribution in [0.2, 0.25) is 0 Å². The Balaban J connectivity index is 2.07. The molecule has 6 nitrogen and oxygen atoms in total. The summed E-state index contributed by atoms with van der Waals surface area (Å²) >= 11 is 0. The zero-order chi connectivity index (χ0) is 23.9. The summed E-state index contributed by atoms with van der Waals surface area (Å²) in [6.45, 7) is 9.18. The number of nitrogens with one attached hydrogen (secondary N) is 2. The summed E-state index contributed by atoms with van der Waals surface area (Å²) in [4.78, 5) is 29.1. The van der Waals surface area contributed by atoms with E-state index in [2.05, 4.69) is 10.3 Å². The molecule has 0 aromatic heterocycles. The van der Waals surface area contributed by atoms with E-state index >= 15 is 0 Å². The maximum absolute atomic E-state index is 13.3. The Morgan fingerprint density at radius 3 is 2.44 bits per heavy atom. The highest BCUT2D eigenvalue weighted by molar-refractivity contribution is 6.06. The Morgan fingerprint density at radius 2 is 1.81 bits per heavy atom. The summed E-state index contributed by atoms with van der Waals surface area (Å²) in [5.41, 5.74) is 2.07. The van der Waals surface area contributed by atoms with Gasteiger partial charge in [-0.15, -0.1) is 0 Å². The maximum atomic E-state index is 13.3. The second-order valence-electron chi connectivity index (χ2n) is 8.65. The molecule has 2 aromatic rings. The van der Waals surface area contributed by atoms with E-state index in [1.165, 1.54) is 18.2 Å². The van der Waals surface area contributed by atoms with Crippen LogP contribution in [0.15, 0.2) is 53.5 Å². The molecule has 0 radical (unpaired) electrons. The molecule has 0 aliphatic carbocycles. The molecule has 1 amide bonds. The molecule has 32 heavy (non-hydrogen) atoms. The molecular weight excluding hydrogens is 409 g/mol. The number of nitrogens with zero attached hydrogens (tertiary/aromatic N) is 1. The molecule has 1 atom stereocenters. The zero-order valence-electron chi connectivity index (χ0n) is 19.2. The topological polar surface area (TPSA) is 91.6 Å². The molecule has 7 heteroatoms. The number of ether oxygens (including phenoxy) is 1. The molecule has 0 aliphatic heterocycles. The van der Waals surface area contributed by atoms with Gasteiger partial charge in [0.15, 0.2) is 0 Å². The second-order valence-corrected chi connectivity index (χ2v) is 8.65. The van der Waals surface area contributed by atoms with Gasteiger partial charge in [-0.1, -0.05) is 18.2 Å². The van der Waals surface area contributed by atoms with Gasteiger partial charge in [-0.05, 0) is 70.5 Å². The number of carbonyl (C=O) groups excluding carboxylic acids is 2. The van der Waals surface area contributed by atoms with Gasteiger partial charge in [-0.25, -0.2) is 4.39 Å². The lowest BCUT2D eigenvalue weighted by Crippen LogP contribution is -2.29. The number of carbonyl (C=O) groups is 2. The fraction of sp³-hybridized carbons (Fsp3) is 0.360. The summed E-state index contributed by atoms with van der Waals surface area (Å²) < 4.78 is 18.7. The molecule has 0 saturated carbocycles. The van der Waals surface area contributed by atoms with Gasteiger partial charge >= 0.3 is 5.97 Å². The average molecular weight is 440 g/mol. The van der Waals surface area contributed by atoms with E-state index in [9.17, 15) is 14.0 Å². The van der Waals surface area contributed by atoms with Crippen LogP contribution in [0.5, 0.6) is 0 Å². The van der Waals surface area contributed by atoms with Crippen molar-refractivity contribution in [3.8, 4) is 0 Å². The first kappa shape index (κ1) is 24.9. The van der Waals surface area contributed by atoms with E-state index in [-0.39, 0.29) is 18.0 Å². The largest absolute Gasteiger partial charge is 0.460 e. The summed E-state index contributed by atoms with van der Waals surface area (Å²) in [6.07, 6.45) is 0.0612. The summed E-state index contributed by atoms with van der Waals surface area (Å²) in [6, 6.07) is 12.7. The van der Waals surface area contributed by atoms with Gasteiger partial charge in [0, 0.05) is 28.6 Å². The van der Waals surface area contributed by atoms with Crippen LogP contribution in [0.4, 0.5) is 10.1 Å². The first-order valence-electron chi connectivity index (χ1n) is 10.4. The van der Waals surface area contributed by atoms with Gasteiger partial charge < -0.3 is 15.5 Å². The van der Waals surface area contributed by atoms with Crippen LogP contribution in [0, 0.1) is 17.1 Å². The Kier molecular flexibility index (Phi) is 8.41. The molecule has 2 aromatic carbocycles. The van der Waals surface area contributed by atoms with Crippen molar-refractivity contribution in [1.82, 2.24) is 0 Å². The first-order valence-corrected chi connectivity index (χ1v) is 10.4. The minimum absolute atomic E-state index is 0.0612. The number of esters is 1. The lowest BCUT2D eigenvalue weighted by atomic mass is 9.95. The molecule has 0 fully saturated rings. The SMILES string of the molecule is CC(=N)C(CC(=O)OC(C)(C)C)C(C)=NCc1cccc(NC(=O)c2cccc(F)c2)c1. The number of halogens is 1. The average Bonchev–Trinajstić information content (AvgIpc) is 2.69. The maximum Gasteiger partial charge on any atom is 0.307 e. The summed E-state index contributed by atoms with van der Waals surface area (Å²) in [5.74, 6) is -1.68. The molecule has 0 spiro atoms. The van der Waals surface area contributed by atoms with Crippen molar-refractivity contribution >= 4 is 29.0 Å². The van der Waals surface area contributed by atoms with Gasteiger partial charge in [-0.3, -0.25) is 14.6 Å². The quantitative estimate of drug-likeness (QED) is 0.425. The molecule has 2 N–H and O–H groups in total. The van der Waals surface area contributed by atoms with E-state index in [1.807, 2.05) is 6.07 Å². The Labute approximate surface area is 188 Å². The van der Waals surface area contributed by atoms with Gasteiger partial charge in [0.1, 0.15) is 11.4 Å². The number of hydrogen-bond donors (Lipinski definition) is 2. The minimum atomic E-state index is -0.584. The van der Waals surface area contributed by atoms with E-state index in [4.69, 9.17) is 10.1 Å². The van der Waals surface area contributed by atoms with Crippen molar-refractivity contribution in [1.29, 1.82) is 5.41 Å². The Morgan fingerprint density at radius 1 is 1.12 bits per heavy atom. The monoisotopic (exact) mass is 439 g/mol. The second kappa shape index (κ2) is 10.8. The number of aliphatic imine (C=N–C) groups is 1. The fourth-order valence-corrected chi connectivity index (χ4v) is 3.07. The van der Waals surface area contributed by atoms with E-state index in [0.29, 0.717) is 23.7 Å². The Bertz CT molecular complexity index is 1030. The molecule has 2 rings (SSSR count). The van der Waals surface area contributed by atoms with Gasteiger partial charge in [0.2, 0.25) is 0 Å². The van der Waals surface area contributed by atoms with Crippen molar-refractivity contribution in [2.45, 2.75) is 53.2 Å². The lowest BCUT2D eigenvalue weighted by molar-refractivity contribution is -0.155. The van der Waals surface area contributed by atoms with Crippen LogP contribution >= 0.6 is 0 Å². The third-order valence-corrected chi connectivity index (χ3v) is 4.60. The highest BCUT2D eigenvalue weighted by Gasteiger charge is 2.23. The third-order valence-electron chi connectivity index (χ3n) is 4.60. The number of hydrogen-bond acceptors (Lipinski definition) is 5. The summed E-state index contributed by atoms with van der Waals surface area (Å²) in [7, 11) is 0. The van der Waals surface area contributed by atoms with Gasteiger partial charge in [0.05, 0.1) is 13.0 Å². The van der Waals surface area contributed by atoms with Crippen molar-refractivity contribution in [3.05, 3.63) is 65.5 Å². The van der Waals surface area contributed by atoms with Crippen molar-refractivity contribution < 1.29 is 18.7 Å². The fourth-order valence-electron chi connectivity index (χ4n) is 3.07. The molecule has 0 aliphatic rings. The minimum Gasteiger partial charge on any atom is -0.460 e. The smallest absolute Gasteiger partial charge is 0.307 e. The predicted molar refractivity (Wildman–Crippen MR) is 125 cm³/mol. The first-order chi connectivity index (χ1) is 14.9. The van der Waals surface area contributed by atoms with Crippen LogP contribution in [0.1, 0.15) is 57.0 Å². The number of anilines is 1. The van der Waals surface area contributed by atoms with E-state index in [1.54, 1.807) is 58.9 Å². The van der Waals surface area contributed by atoms with E-state index in [0.717, 1.165) is 5.56 Å². The molecule has 0 saturated heterocycles. The highest BCUT2D eigenvalue weighted by atomic mass is 19.1. The van der Waals surface area contributed by atoms with Crippen molar-refractivity contribution in [2.24, 2.45) is 10.9 Å². The van der Waals surface area contributed by atoms with Crippen LogP contribution in [-0.4, -0.2) is 28.9 Å². The molecule has 170 valence electrons. The molecule has 0 heterocycles. The number of rotatable bonds is 8. The van der Waals surface area contributed by atoms with Gasteiger partial charge in [-0.2, -0.15) is 0 Å². The van der Waals surface area contributed by atoms with Crippen molar-refractivity contribution in [3.63, 3.8) is 0 Å². The van der Waals surface area contributed by atoms with Crippen LogP contribution in [0.3, 0.4) is 0 Å². The van der Waals surface area contributed by atoms with Gasteiger partial charge in [0.25, 0.3) is 5.91 Å². The third kappa shape index (κ3) is 8.06. The summed E-state index contributed by atoms with van der Waals surface area (Å²) in [5, 5.41) is 10.8. The number of benzene rings is 2. The predicted octanol–water partition coefficient (Wildman–Crippen LogP) is 5.43. The highest BCUT2D eigenvalue weighted by Crippen LogP contribution is 2.17. The van der Waals surface area contributed by atoms with E-state index < -0.39 is 23.2 Å². The lowest BCUT2D eigenvalue weighted by Gasteiger charge is -2.22. The zero-order valence-corrected chi connectivity index (χ0v) is 19.2. The number of amides is 1. The van der Waals surface area contributed by atoms with Crippen molar-refractivity contribution in [2.75, 3.05) is 5.32 Å². The molecule has 0 bridgehead atoms. The molecule has 1 unspecified atom stereocenters. The van der Waals surface area contributed by atoms with Crippen LogP contribution in [0.25, 0.3) is 0 Å². The standard InChI is InChI=1S/C25H30FN3O3/c1-16(27)22(14-23(30)32-25(3,4)5)17(2)28-15-18-8-6-11-21(12-18)29-24(31)19-9-7-10-20(26)13-19/h6-13,22,27H,14-15H2,1-5H3,(H,29,31). The Hall–Kier alpha value is -3.35. The van der Waals surface area contributed by atoms with Crippen LogP contribution < -0.4 is 5.32 Å².